The molecular weight excluding hydrogens is 828 g/mol. The van der Waals surface area contributed by atoms with Crippen molar-refractivity contribution in [2.75, 3.05) is 9.80 Å². The van der Waals surface area contributed by atoms with Crippen LogP contribution in [0, 0.1) is 0 Å². The third-order valence-corrected chi connectivity index (χ3v) is 16.5. The molecule has 0 saturated carbocycles. The van der Waals surface area contributed by atoms with Crippen LogP contribution in [0.4, 0.5) is 34.1 Å². The van der Waals surface area contributed by atoms with Crippen LogP contribution in [0.25, 0.3) is 32.3 Å². The predicted molar refractivity (Wildman–Crippen MR) is 294 cm³/mol. The average Bonchev–Trinajstić information content (AvgIpc) is 3.75. The highest BCUT2D eigenvalue weighted by Gasteiger charge is 2.47. The van der Waals surface area contributed by atoms with Crippen molar-refractivity contribution in [1.29, 1.82) is 0 Å². The predicted octanol–water partition coefficient (Wildman–Crippen LogP) is 16.1. The Balaban J connectivity index is 1.25. The summed E-state index contributed by atoms with van der Waals surface area (Å²) in [5, 5.41) is 1.32. The monoisotopic (exact) mass is 892 g/mol. The van der Waals surface area contributed by atoms with Crippen molar-refractivity contribution in [2.45, 2.75) is 124 Å². The first kappa shape index (κ1) is 43.7. The largest absolute Gasteiger partial charge is 0.311 e. The highest BCUT2D eigenvalue weighted by Crippen LogP contribution is 2.55. The normalized spacial score (nSPS) is 15.0. The van der Waals surface area contributed by atoms with Crippen LogP contribution in [0.15, 0.2) is 140 Å². The van der Waals surface area contributed by atoms with Crippen molar-refractivity contribution in [3.8, 4) is 22.3 Å². The summed E-state index contributed by atoms with van der Waals surface area (Å²) in [5.41, 5.74) is 23.6. The molecule has 7 aromatic carbocycles. The molecule has 3 heterocycles. The Hall–Kier alpha value is -5.84. The summed E-state index contributed by atoms with van der Waals surface area (Å²) in [5.74, 6) is 0. The van der Waals surface area contributed by atoms with Gasteiger partial charge in [0, 0.05) is 48.6 Å². The van der Waals surface area contributed by atoms with Crippen LogP contribution >= 0.6 is 11.3 Å². The minimum atomic E-state index is -0.0995. The second-order valence-electron chi connectivity index (χ2n) is 24.3. The third-order valence-electron chi connectivity index (χ3n) is 15.3. The Labute approximate surface area is 404 Å². The molecule has 67 heavy (non-hydrogen) atoms. The van der Waals surface area contributed by atoms with Gasteiger partial charge in [-0.25, -0.2) is 0 Å². The van der Waals surface area contributed by atoms with E-state index in [4.69, 9.17) is 0 Å². The molecule has 0 N–H and O–H groups in total. The second kappa shape index (κ2) is 14.6. The van der Waals surface area contributed by atoms with Gasteiger partial charge >= 0.3 is 0 Å². The van der Waals surface area contributed by atoms with E-state index in [0.717, 1.165) is 0 Å². The molecule has 336 valence electrons. The fourth-order valence-electron chi connectivity index (χ4n) is 11.3. The van der Waals surface area contributed by atoms with Gasteiger partial charge in [0.25, 0.3) is 6.71 Å². The lowest BCUT2D eigenvalue weighted by atomic mass is 9.36. The standard InChI is InChI=1S/C63H65BN2S/c1-59(2,3)39-24-22-38(23-25-39)45-34-41(61(7,8)9)28-32-51(45)66-54-21-17-20-53-56(54)64(58-57(66)47-36-46-44-18-15-16-19-48(44)63(13,14)49(46)37-55(47)67-58)50-35-42(62(10,11)12)29-33-52(50)65(53)43-30-26-40(27-31-43)60(4,5)6/h15-37H,1-14H3. The lowest BCUT2D eigenvalue weighted by molar-refractivity contribution is 0.590. The highest BCUT2D eigenvalue weighted by atomic mass is 32.1. The molecule has 0 saturated heterocycles. The number of fused-ring (bicyclic) bond motifs is 9. The van der Waals surface area contributed by atoms with Gasteiger partial charge in [0.05, 0.1) is 11.4 Å². The lowest BCUT2D eigenvalue weighted by Crippen LogP contribution is -2.60. The van der Waals surface area contributed by atoms with Crippen LogP contribution in [-0.4, -0.2) is 6.71 Å². The first-order valence-corrected chi connectivity index (χ1v) is 25.3. The first-order valence-electron chi connectivity index (χ1n) is 24.5. The van der Waals surface area contributed by atoms with E-state index >= 15 is 0 Å². The maximum atomic E-state index is 2.68. The zero-order valence-corrected chi connectivity index (χ0v) is 43.0. The Morgan fingerprint density at radius 2 is 1.00 bits per heavy atom. The van der Waals surface area contributed by atoms with Crippen molar-refractivity contribution in [1.82, 2.24) is 0 Å². The Morgan fingerprint density at radius 3 is 1.63 bits per heavy atom. The van der Waals surface area contributed by atoms with Crippen molar-refractivity contribution in [3.05, 3.63) is 173 Å². The van der Waals surface area contributed by atoms with Crippen molar-refractivity contribution < 1.29 is 0 Å². The molecular formula is C63H65BN2S. The SMILES string of the molecule is CC(C)(C)c1ccc(-c2cc(C(C)(C)C)ccc2N2c3cccc4c3B(c3cc(C(C)(C)C)ccc3N4c3ccc(C(C)(C)C)cc3)c3sc4cc5c(cc4c32)-c2ccccc2C5(C)C)cc1. The number of benzene rings is 7. The summed E-state index contributed by atoms with van der Waals surface area (Å²) in [7, 11) is 0. The second-order valence-corrected chi connectivity index (χ2v) is 25.4. The molecule has 4 heteroatoms. The maximum absolute atomic E-state index is 2.68. The Morgan fingerprint density at radius 1 is 0.448 bits per heavy atom. The molecule has 0 unspecified atom stereocenters. The summed E-state index contributed by atoms with van der Waals surface area (Å²) >= 11 is 2.01. The van der Waals surface area contributed by atoms with Gasteiger partial charge in [-0.05, 0) is 137 Å². The zero-order valence-electron chi connectivity index (χ0n) is 42.2. The molecule has 0 bridgehead atoms. The molecule has 0 amide bonds. The van der Waals surface area contributed by atoms with Crippen LogP contribution in [0.3, 0.4) is 0 Å². The molecule has 1 aliphatic carbocycles. The van der Waals surface area contributed by atoms with Crippen LogP contribution < -0.4 is 25.5 Å². The molecule has 11 rings (SSSR count). The Bertz CT molecular complexity index is 3300. The summed E-state index contributed by atoms with van der Waals surface area (Å²) < 4.78 is 2.76. The molecule has 0 radical (unpaired) electrons. The number of thiophene rings is 1. The summed E-state index contributed by atoms with van der Waals surface area (Å²) in [6, 6.07) is 54.8. The van der Waals surface area contributed by atoms with E-state index in [0.29, 0.717) is 0 Å². The van der Waals surface area contributed by atoms with E-state index in [1.165, 1.54) is 116 Å². The third kappa shape index (κ3) is 6.79. The quantitative estimate of drug-likeness (QED) is 0.163. The van der Waals surface area contributed by atoms with Gasteiger partial charge in [-0.2, -0.15) is 0 Å². The fourth-order valence-corrected chi connectivity index (χ4v) is 12.6. The van der Waals surface area contributed by atoms with Crippen LogP contribution in [0.1, 0.15) is 130 Å². The molecule has 3 aliphatic rings. The average molecular weight is 893 g/mol. The fraction of sp³-hybridized carbons (Fsp3) is 0.302. The molecule has 8 aromatic rings. The van der Waals surface area contributed by atoms with E-state index in [1.807, 2.05) is 11.3 Å². The van der Waals surface area contributed by atoms with Gasteiger partial charge in [0.15, 0.2) is 0 Å². The topological polar surface area (TPSA) is 6.48 Å². The van der Waals surface area contributed by atoms with Crippen LogP contribution in [0.5, 0.6) is 0 Å². The first-order chi connectivity index (χ1) is 31.5. The van der Waals surface area contributed by atoms with E-state index in [1.54, 1.807) is 0 Å². The van der Waals surface area contributed by atoms with Gasteiger partial charge in [-0.3, -0.25) is 0 Å². The van der Waals surface area contributed by atoms with Gasteiger partial charge in [-0.15, -0.1) is 11.3 Å². The summed E-state index contributed by atoms with van der Waals surface area (Å²) in [6.45, 7) is 32.8. The minimum absolute atomic E-state index is 0.0241. The number of rotatable bonds is 3. The highest BCUT2D eigenvalue weighted by molar-refractivity contribution is 7.33. The van der Waals surface area contributed by atoms with Gasteiger partial charge in [0.2, 0.25) is 0 Å². The molecule has 0 fully saturated rings. The van der Waals surface area contributed by atoms with E-state index in [9.17, 15) is 0 Å². The molecule has 2 nitrogen and oxygen atoms in total. The number of nitrogens with zero attached hydrogens (tertiary/aromatic N) is 2. The van der Waals surface area contributed by atoms with Gasteiger partial charge in [-0.1, -0.05) is 182 Å². The molecule has 0 spiro atoms. The Kier molecular flexibility index (Phi) is 9.52. The van der Waals surface area contributed by atoms with E-state index in [2.05, 4.69) is 246 Å². The minimum Gasteiger partial charge on any atom is -0.311 e. The van der Waals surface area contributed by atoms with Crippen molar-refractivity contribution >= 4 is 78.0 Å². The molecule has 2 aliphatic heterocycles. The zero-order chi connectivity index (χ0) is 47.3. The molecule has 1 aromatic heterocycles. The number of hydrogen-bond acceptors (Lipinski definition) is 3. The summed E-state index contributed by atoms with van der Waals surface area (Å²) in [6.07, 6.45) is 0. The van der Waals surface area contributed by atoms with E-state index < -0.39 is 0 Å². The number of hydrogen-bond donors (Lipinski definition) is 0. The number of anilines is 6. The van der Waals surface area contributed by atoms with Gasteiger partial charge < -0.3 is 9.80 Å². The van der Waals surface area contributed by atoms with Crippen LogP contribution in [-0.2, 0) is 27.1 Å². The lowest BCUT2D eigenvalue weighted by Gasteiger charge is -2.44. The summed E-state index contributed by atoms with van der Waals surface area (Å²) in [4.78, 5) is 5.24. The molecule has 0 atom stereocenters. The maximum Gasteiger partial charge on any atom is 0.264 e. The van der Waals surface area contributed by atoms with Crippen LogP contribution in [0.2, 0.25) is 0 Å². The van der Waals surface area contributed by atoms with Gasteiger partial charge in [0.1, 0.15) is 0 Å². The smallest absolute Gasteiger partial charge is 0.264 e. The van der Waals surface area contributed by atoms with Crippen molar-refractivity contribution in [2.24, 2.45) is 0 Å². The van der Waals surface area contributed by atoms with E-state index in [-0.39, 0.29) is 33.8 Å². The van der Waals surface area contributed by atoms with Crippen molar-refractivity contribution in [3.63, 3.8) is 0 Å².